The summed E-state index contributed by atoms with van der Waals surface area (Å²) in [6.07, 6.45) is 4.33. The molecule has 0 aliphatic heterocycles. The van der Waals surface area contributed by atoms with Gasteiger partial charge in [0.25, 0.3) is 0 Å². The number of hydrogen-bond acceptors (Lipinski definition) is 3. The average Bonchev–Trinajstić information content (AvgIpc) is 2.78. The van der Waals surface area contributed by atoms with E-state index in [1.807, 2.05) is 24.3 Å². The quantitative estimate of drug-likeness (QED) is 0.848. The van der Waals surface area contributed by atoms with Gasteiger partial charge in [-0.25, -0.2) is 4.98 Å². The zero-order valence-corrected chi connectivity index (χ0v) is 12.0. The lowest BCUT2D eigenvalue weighted by molar-refractivity contribution is -0.116. The predicted molar refractivity (Wildman–Crippen MR) is 81.1 cm³/mol. The number of carbonyl (C=O) groups excluding carboxylic acids is 1. The SMILES string of the molecule is CC(C)CCNC(=O)/C=C/c1nc2ccccc2s1. The lowest BCUT2D eigenvalue weighted by Crippen LogP contribution is -2.23. The summed E-state index contributed by atoms with van der Waals surface area (Å²) in [5, 5.41) is 3.73. The standard InChI is InChI=1S/C15H18N2OS/c1-11(2)9-10-16-14(18)7-8-15-17-12-5-3-4-6-13(12)19-15/h3-8,11H,9-10H2,1-2H3,(H,16,18)/b8-7+. The van der Waals surface area contributed by atoms with Gasteiger partial charge in [0.1, 0.15) is 5.01 Å². The Labute approximate surface area is 117 Å². The summed E-state index contributed by atoms with van der Waals surface area (Å²) < 4.78 is 1.14. The van der Waals surface area contributed by atoms with Gasteiger partial charge in [-0.05, 0) is 30.5 Å². The van der Waals surface area contributed by atoms with Crippen molar-refractivity contribution in [2.45, 2.75) is 20.3 Å². The van der Waals surface area contributed by atoms with Crippen molar-refractivity contribution in [2.24, 2.45) is 5.92 Å². The molecule has 1 aromatic carbocycles. The molecule has 0 saturated carbocycles. The molecule has 19 heavy (non-hydrogen) atoms. The maximum absolute atomic E-state index is 11.6. The summed E-state index contributed by atoms with van der Waals surface area (Å²) in [6.45, 7) is 5.01. The normalized spacial score (nSPS) is 11.5. The Morgan fingerprint density at radius 3 is 2.95 bits per heavy atom. The molecule has 2 aromatic rings. The van der Waals surface area contributed by atoms with Crippen LogP contribution in [0.4, 0.5) is 0 Å². The van der Waals surface area contributed by atoms with Crippen LogP contribution >= 0.6 is 11.3 Å². The second kappa shape index (κ2) is 6.48. The number of para-hydroxylation sites is 1. The van der Waals surface area contributed by atoms with Crippen molar-refractivity contribution < 1.29 is 4.79 Å². The fourth-order valence-corrected chi connectivity index (χ4v) is 2.52. The number of hydrogen-bond donors (Lipinski definition) is 1. The van der Waals surface area contributed by atoms with E-state index in [9.17, 15) is 4.79 Å². The number of benzene rings is 1. The van der Waals surface area contributed by atoms with Crippen molar-refractivity contribution >= 4 is 33.5 Å². The van der Waals surface area contributed by atoms with Crippen molar-refractivity contribution in [1.82, 2.24) is 10.3 Å². The molecule has 1 heterocycles. The van der Waals surface area contributed by atoms with Crippen LogP contribution in [-0.4, -0.2) is 17.4 Å². The van der Waals surface area contributed by atoms with E-state index in [-0.39, 0.29) is 5.91 Å². The van der Waals surface area contributed by atoms with E-state index in [4.69, 9.17) is 0 Å². The van der Waals surface area contributed by atoms with Gasteiger partial charge in [-0.15, -0.1) is 11.3 Å². The Bertz CT molecular complexity index is 554. The van der Waals surface area contributed by atoms with Gasteiger partial charge >= 0.3 is 0 Å². The fraction of sp³-hybridized carbons (Fsp3) is 0.333. The van der Waals surface area contributed by atoms with Crippen LogP contribution in [0.25, 0.3) is 16.3 Å². The summed E-state index contributed by atoms with van der Waals surface area (Å²) in [6, 6.07) is 7.97. The maximum atomic E-state index is 11.6. The summed E-state index contributed by atoms with van der Waals surface area (Å²) in [7, 11) is 0. The molecule has 0 aliphatic carbocycles. The first kappa shape index (κ1) is 13.7. The zero-order valence-electron chi connectivity index (χ0n) is 11.2. The number of nitrogens with one attached hydrogen (secondary N) is 1. The minimum Gasteiger partial charge on any atom is -0.353 e. The largest absolute Gasteiger partial charge is 0.353 e. The number of thiazole rings is 1. The van der Waals surface area contributed by atoms with Gasteiger partial charge in [0.2, 0.25) is 5.91 Å². The van der Waals surface area contributed by atoms with Crippen LogP contribution in [0.1, 0.15) is 25.3 Å². The predicted octanol–water partition coefficient (Wildman–Crippen LogP) is 3.47. The molecule has 0 aliphatic rings. The molecule has 3 nitrogen and oxygen atoms in total. The second-order valence-electron chi connectivity index (χ2n) is 4.83. The molecule has 0 spiro atoms. The Morgan fingerprint density at radius 2 is 2.21 bits per heavy atom. The van der Waals surface area contributed by atoms with Crippen molar-refractivity contribution in [1.29, 1.82) is 0 Å². The van der Waals surface area contributed by atoms with Crippen LogP contribution in [0.3, 0.4) is 0 Å². The average molecular weight is 274 g/mol. The molecule has 1 amide bonds. The smallest absolute Gasteiger partial charge is 0.244 e. The van der Waals surface area contributed by atoms with E-state index in [0.29, 0.717) is 5.92 Å². The van der Waals surface area contributed by atoms with Crippen molar-refractivity contribution in [3.63, 3.8) is 0 Å². The minimum absolute atomic E-state index is 0.0556. The van der Waals surface area contributed by atoms with Crippen LogP contribution in [0, 0.1) is 5.92 Å². The number of aromatic nitrogens is 1. The van der Waals surface area contributed by atoms with E-state index >= 15 is 0 Å². The second-order valence-corrected chi connectivity index (χ2v) is 5.89. The van der Waals surface area contributed by atoms with Crippen molar-refractivity contribution in [3.8, 4) is 0 Å². The molecule has 1 aromatic heterocycles. The molecule has 100 valence electrons. The number of amides is 1. The van der Waals surface area contributed by atoms with Gasteiger partial charge in [-0.2, -0.15) is 0 Å². The van der Waals surface area contributed by atoms with Gasteiger partial charge in [-0.3, -0.25) is 4.79 Å². The summed E-state index contributed by atoms with van der Waals surface area (Å²) >= 11 is 1.59. The highest BCUT2D eigenvalue weighted by Gasteiger charge is 2.01. The topological polar surface area (TPSA) is 42.0 Å². The van der Waals surface area contributed by atoms with Crippen molar-refractivity contribution in [3.05, 3.63) is 35.3 Å². The molecule has 1 N–H and O–H groups in total. The molecule has 0 saturated heterocycles. The lowest BCUT2D eigenvalue weighted by Gasteiger charge is -2.04. The summed E-state index contributed by atoms with van der Waals surface area (Å²) in [4.78, 5) is 16.0. The first-order chi connectivity index (χ1) is 9.15. The molecule has 0 unspecified atom stereocenters. The van der Waals surface area contributed by atoms with Gasteiger partial charge in [0.15, 0.2) is 0 Å². The molecule has 2 rings (SSSR count). The van der Waals surface area contributed by atoms with E-state index < -0.39 is 0 Å². The van der Waals surface area contributed by atoms with Crippen molar-refractivity contribution in [2.75, 3.05) is 6.54 Å². The minimum atomic E-state index is -0.0556. The van der Waals surface area contributed by atoms with E-state index in [2.05, 4.69) is 24.1 Å². The summed E-state index contributed by atoms with van der Waals surface area (Å²) in [5.41, 5.74) is 0.979. The van der Waals surface area contributed by atoms with Gasteiger partial charge in [0.05, 0.1) is 10.2 Å². The van der Waals surface area contributed by atoms with E-state index in [0.717, 1.165) is 28.2 Å². The highest BCUT2D eigenvalue weighted by atomic mass is 32.1. The Balaban J connectivity index is 1.92. The van der Waals surface area contributed by atoms with Crippen LogP contribution in [0.5, 0.6) is 0 Å². The van der Waals surface area contributed by atoms with Crippen LogP contribution in [-0.2, 0) is 4.79 Å². The Morgan fingerprint density at radius 1 is 1.42 bits per heavy atom. The van der Waals surface area contributed by atoms with Gasteiger partial charge < -0.3 is 5.32 Å². The third-order valence-corrected chi connectivity index (χ3v) is 3.71. The Kier molecular flexibility index (Phi) is 4.68. The molecule has 0 bridgehead atoms. The molecule has 0 atom stereocenters. The first-order valence-electron chi connectivity index (χ1n) is 6.46. The summed E-state index contributed by atoms with van der Waals surface area (Å²) in [5.74, 6) is 0.549. The van der Waals surface area contributed by atoms with Crippen LogP contribution < -0.4 is 5.32 Å². The number of nitrogens with zero attached hydrogens (tertiary/aromatic N) is 1. The third kappa shape index (κ3) is 4.17. The maximum Gasteiger partial charge on any atom is 0.244 e. The molecule has 0 fully saturated rings. The molecule has 0 radical (unpaired) electrons. The monoisotopic (exact) mass is 274 g/mol. The number of carbonyl (C=O) groups is 1. The first-order valence-corrected chi connectivity index (χ1v) is 7.28. The molecule has 4 heteroatoms. The number of fused-ring (bicyclic) bond motifs is 1. The van der Waals surface area contributed by atoms with Crippen LogP contribution in [0.2, 0.25) is 0 Å². The zero-order chi connectivity index (χ0) is 13.7. The lowest BCUT2D eigenvalue weighted by atomic mass is 10.1. The fourth-order valence-electron chi connectivity index (χ4n) is 1.65. The molecular formula is C15H18N2OS. The Hall–Kier alpha value is -1.68. The van der Waals surface area contributed by atoms with E-state index in [1.54, 1.807) is 23.5 Å². The number of rotatable bonds is 5. The highest BCUT2D eigenvalue weighted by Crippen LogP contribution is 2.22. The van der Waals surface area contributed by atoms with E-state index in [1.165, 1.54) is 0 Å². The highest BCUT2D eigenvalue weighted by molar-refractivity contribution is 7.19. The van der Waals surface area contributed by atoms with Gasteiger partial charge in [-0.1, -0.05) is 26.0 Å². The van der Waals surface area contributed by atoms with Gasteiger partial charge in [0, 0.05) is 12.6 Å². The third-order valence-electron chi connectivity index (χ3n) is 2.71. The van der Waals surface area contributed by atoms with Crippen LogP contribution in [0.15, 0.2) is 30.3 Å². The molecular weight excluding hydrogens is 256 g/mol.